The first-order valence-corrected chi connectivity index (χ1v) is 10.5. The van der Waals surface area contributed by atoms with E-state index in [9.17, 15) is 5.11 Å². The molecule has 6 nitrogen and oxygen atoms in total. The van der Waals surface area contributed by atoms with Crippen LogP contribution in [0.5, 0.6) is 0 Å². The Bertz CT molecular complexity index is 595. The number of likely N-dealkylation sites (N-methyl/N-ethyl adjacent to an activating group) is 1. The number of aliphatic imine (C=N–C) groups is 1. The molecule has 2 rings (SSSR count). The van der Waals surface area contributed by atoms with E-state index < -0.39 is 0 Å². The first-order valence-electron chi connectivity index (χ1n) is 10.5. The lowest BCUT2D eigenvalue weighted by molar-refractivity contribution is 0.131. The molecule has 1 saturated heterocycles. The summed E-state index contributed by atoms with van der Waals surface area (Å²) in [7, 11) is 4.21. The molecule has 28 heavy (non-hydrogen) atoms. The van der Waals surface area contributed by atoms with E-state index >= 15 is 0 Å². The molecular formula is C22H38N4O2. The molecule has 3 N–H and O–H groups in total. The first-order chi connectivity index (χ1) is 13.5. The summed E-state index contributed by atoms with van der Waals surface area (Å²) in [6.07, 6.45) is 2.75. The Hall–Kier alpha value is -1.63. The van der Waals surface area contributed by atoms with E-state index in [2.05, 4.69) is 67.7 Å². The summed E-state index contributed by atoms with van der Waals surface area (Å²) in [6, 6.07) is 9.13. The molecule has 2 atom stereocenters. The van der Waals surface area contributed by atoms with Crippen molar-refractivity contribution in [3.63, 3.8) is 0 Å². The van der Waals surface area contributed by atoms with Crippen LogP contribution in [0.1, 0.15) is 43.9 Å². The van der Waals surface area contributed by atoms with Crippen LogP contribution in [0.25, 0.3) is 0 Å². The van der Waals surface area contributed by atoms with Crippen molar-refractivity contribution >= 4 is 5.96 Å². The maximum atomic E-state index is 9.42. The third kappa shape index (κ3) is 6.47. The van der Waals surface area contributed by atoms with Crippen LogP contribution in [0.3, 0.4) is 0 Å². The van der Waals surface area contributed by atoms with Crippen LogP contribution in [-0.4, -0.2) is 69.5 Å². The second-order valence-corrected chi connectivity index (χ2v) is 7.93. The molecule has 1 aliphatic rings. The number of guanidine groups is 1. The summed E-state index contributed by atoms with van der Waals surface area (Å²) in [5.74, 6) is 0.823. The molecule has 0 spiro atoms. The molecule has 1 aromatic carbocycles. The second-order valence-electron chi connectivity index (χ2n) is 7.93. The average Bonchev–Trinajstić information content (AvgIpc) is 3.15. The molecule has 1 fully saturated rings. The van der Waals surface area contributed by atoms with Gasteiger partial charge in [0.25, 0.3) is 0 Å². The summed E-state index contributed by atoms with van der Waals surface area (Å²) in [6.45, 7) is 8.13. The van der Waals surface area contributed by atoms with Gasteiger partial charge in [0.05, 0.1) is 19.2 Å². The van der Waals surface area contributed by atoms with Crippen molar-refractivity contribution in [1.82, 2.24) is 15.5 Å². The molecule has 1 aromatic rings. The van der Waals surface area contributed by atoms with Gasteiger partial charge in [-0.05, 0) is 51.4 Å². The maximum Gasteiger partial charge on any atom is 0.191 e. The Labute approximate surface area is 170 Å². The van der Waals surface area contributed by atoms with E-state index in [4.69, 9.17) is 9.73 Å². The predicted molar refractivity (Wildman–Crippen MR) is 116 cm³/mol. The zero-order valence-electron chi connectivity index (χ0n) is 18.0. The first kappa shape index (κ1) is 22.7. The number of ether oxygens (including phenoxy) is 1. The zero-order valence-corrected chi connectivity index (χ0v) is 18.0. The lowest BCUT2D eigenvalue weighted by atomic mass is 9.84. The molecule has 158 valence electrons. The Kier molecular flexibility index (Phi) is 9.22. The molecule has 1 heterocycles. The number of nitrogens with zero attached hydrogens (tertiary/aromatic N) is 2. The van der Waals surface area contributed by atoms with Crippen molar-refractivity contribution in [1.29, 1.82) is 0 Å². The Morgan fingerprint density at radius 1 is 1.25 bits per heavy atom. The molecule has 0 aromatic heterocycles. The Balaban J connectivity index is 2.04. The van der Waals surface area contributed by atoms with Crippen molar-refractivity contribution in [2.75, 3.05) is 53.6 Å². The van der Waals surface area contributed by atoms with Crippen LogP contribution < -0.4 is 10.6 Å². The lowest BCUT2D eigenvalue weighted by Gasteiger charge is -2.27. The highest BCUT2D eigenvalue weighted by Crippen LogP contribution is 2.32. The van der Waals surface area contributed by atoms with Gasteiger partial charge in [-0.3, -0.25) is 4.99 Å². The highest BCUT2D eigenvalue weighted by Gasteiger charge is 2.34. The van der Waals surface area contributed by atoms with Crippen LogP contribution in [0, 0.1) is 5.41 Å². The third-order valence-electron chi connectivity index (χ3n) is 5.60. The number of aliphatic hydroxyl groups is 1. The molecule has 0 radical (unpaired) electrons. The minimum atomic E-state index is -0.0337. The summed E-state index contributed by atoms with van der Waals surface area (Å²) < 4.78 is 5.58. The maximum absolute atomic E-state index is 9.42. The van der Waals surface area contributed by atoms with Gasteiger partial charge in [0, 0.05) is 31.7 Å². The van der Waals surface area contributed by atoms with E-state index in [0.717, 1.165) is 44.9 Å². The quantitative estimate of drug-likeness (QED) is 0.422. The Morgan fingerprint density at radius 3 is 2.54 bits per heavy atom. The topological polar surface area (TPSA) is 69.1 Å². The molecule has 0 bridgehead atoms. The summed E-state index contributed by atoms with van der Waals surface area (Å²) in [4.78, 5) is 7.06. The van der Waals surface area contributed by atoms with Gasteiger partial charge >= 0.3 is 0 Å². The second kappa shape index (κ2) is 11.4. The minimum Gasteiger partial charge on any atom is -0.396 e. The van der Waals surface area contributed by atoms with Gasteiger partial charge < -0.3 is 25.4 Å². The van der Waals surface area contributed by atoms with Gasteiger partial charge in [0.1, 0.15) is 0 Å². The standard InChI is InChI=1S/C22H38N4O2/c1-5-18-7-9-19(10-8-18)20(26(3)4)15-24-21(23-6-2)25-16-22(11-13-27)12-14-28-17-22/h7-10,20,27H,5-6,11-17H2,1-4H3,(H2,23,24,25). The highest BCUT2D eigenvalue weighted by molar-refractivity contribution is 5.79. The largest absolute Gasteiger partial charge is 0.396 e. The van der Waals surface area contributed by atoms with Crippen molar-refractivity contribution in [2.24, 2.45) is 10.4 Å². The van der Waals surface area contributed by atoms with E-state index in [1.807, 2.05) is 0 Å². The predicted octanol–water partition coefficient (Wildman–Crippen LogP) is 2.20. The number of rotatable bonds is 10. The molecule has 0 amide bonds. The monoisotopic (exact) mass is 390 g/mol. The van der Waals surface area contributed by atoms with Crippen LogP contribution >= 0.6 is 0 Å². The number of benzene rings is 1. The molecule has 6 heteroatoms. The van der Waals surface area contributed by atoms with E-state index in [-0.39, 0.29) is 18.1 Å². The third-order valence-corrected chi connectivity index (χ3v) is 5.60. The van der Waals surface area contributed by atoms with Crippen molar-refractivity contribution in [3.05, 3.63) is 35.4 Å². The van der Waals surface area contributed by atoms with Crippen molar-refractivity contribution in [2.45, 2.75) is 39.2 Å². The lowest BCUT2D eigenvalue weighted by Crippen LogP contribution is -2.42. The van der Waals surface area contributed by atoms with Gasteiger partial charge in [-0.1, -0.05) is 31.2 Å². The number of hydrogen-bond donors (Lipinski definition) is 3. The number of nitrogens with one attached hydrogen (secondary N) is 2. The number of aliphatic hydroxyl groups excluding tert-OH is 1. The molecule has 1 aliphatic heterocycles. The molecule has 0 aliphatic carbocycles. The normalized spacial score (nSPS) is 21.1. The fraction of sp³-hybridized carbons (Fsp3) is 0.682. The number of hydrogen-bond acceptors (Lipinski definition) is 4. The molecule has 2 unspecified atom stereocenters. The van der Waals surface area contributed by atoms with Crippen molar-refractivity contribution in [3.8, 4) is 0 Å². The summed E-state index contributed by atoms with van der Waals surface area (Å²) >= 11 is 0. The fourth-order valence-electron chi connectivity index (χ4n) is 3.64. The van der Waals surface area contributed by atoms with Crippen LogP contribution in [0.15, 0.2) is 29.3 Å². The van der Waals surface area contributed by atoms with Crippen LogP contribution in [-0.2, 0) is 11.2 Å². The van der Waals surface area contributed by atoms with Gasteiger partial charge in [0.2, 0.25) is 0 Å². The number of aryl methyl sites for hydroxylation is 1. The fourth-order valence-corrected chi connectivity index (χ4v) is 3.64. The van der Waals surface area contributed by atoms with Crippen molar-refractivity contribution < 1.29 is 9.84 Å². The minimum absolute atomic E-state index is 0.0337. The van der Waals surface area contributed by atoms with E-state index in [0.29, 0.717) is 13.2 Å². The van der Waals surface area contributed by atoms with Gasteiger partial charge in [-0.25, -0.2) is 0 Å². The average molecular weight is 391 g/mol. The van der Waals surface area contributed by atoms with Gasteiger partial charge in [0.15, 0.2) is 5.96 Å². The molecular weight excluding hydrogens is 352 g/mol. The summed E-state index contributed by atoms with van der Waals surface area (Å²) in [5.41, 5.74) is 2.62. The van der Waals surface area contributed by atoms with Gasteiger partial charge in [-0.2, -0.15) is 0 Å². The van der Waals surface area contributed by atoms with E-state index in [1.54, 1.807) is 0 Å². The SMILES string of the molecule is CCNC(=NCC1(CCO)CCOC1)NCC(c1ccc(CC)cc1)N(C)C. The summed E-state index contributed by atoms with van der Waals surface area (Å²) in [5, 5.41) is 16.3. The van der Waals surface area contributed by atoms with Gasteiger partial charge in [-0.15, -0.1) is 0 Å². The molecule has 0 saturated carbocycles. The Morgan fingerprint density at radius 2 is 2.00 bits per heavy atom. The zero-order chi connectivity index (χ0) is 20.4. The van der Waals surface area contributed by atoms with Crippen LogP contribution in [0.2, 0.25) is 0 Å². The van der Waals surface area contributed by atoms with Crippen LogP contribution in [0.4, 0.5) is 0 Å². The van der Waals surface area contributed by atoms with E-state index in [1.165, 1.54) is 11.1 Å². The smallest absolute Gasteiger partial charge is 0.191 e. The highest BCUT2D eigenvalue weighted by atomic mass is 16.5.